The molecular formula is C22H22N2O4. The Morgan fingerprint density at radius 3 is 2.43 bits per heavy atom. The maximum atomic E-state index is 13.2. The number of imide groups is 1. The van der Waals surface area contributed by atoms with E-state index in [9.17, 15) is 14.4 Å². The summed E-state index contributed by atoms with van der Waals surface area (Å²) in [5.41, 5.74) is 0.278. The lowest BCUT2D eigenvalue weighted by atomic mass is 9.77. The second kappa shape index (κ2) is 6.41. The van der Waals surface area contributed by atoms with Crippen LogP contribution in [0.4, 0.5) is 5.69 Å². The Balaban J connectivity index is 1.39. The minimum absolute atomic E-state index is 0.0987. The van der Waals surface area contributed by atoms with Gasteiger partial charge >= 0.3 is 5.97 Å². The van der Waals surface area contributed by atoms with E-state index in [2.05, 4.69) is 4.90 Å². The average molecular weight is 378 g/mol. The Hall–Kier alpha value is -2.73. The van der Waals surface area contributed by atoms with Crippen molar-refractivity contribution in [1.82, 2.24) is 4.90 Å². The molecule has 28 heavy (non-hydrogen) atoms. The van der Waals surface area contributed by atoms with Gasteiger partial charge in [0, 0.05) is 18.5 Å². The molecule has 3 aliphatic rings. The fourth-order valence-electron chi connectivity index (χ4n) is 4.87. The summed E-state index contributed by atoms with van der Waals surface area (Å²) in [5.74, 6) is -0.420. The van der Waals surface area contributed by atoms with Gasteiger partial charge in [0.1, 0.15) is 0 Å². The van der Waals surface area contributed by atoms with Gasteiger partial charge in [-0.1, -0.05) is 36.4 Å². The monoisotopic (exact) mass is 378 g/mol. The number of amides is 2. The van der Waals surface area contributed by atoms with Crippen LogP contribution >= 0.6 is 0 Å². The molecule has 2 amide bonds. The molecule has 3 aliphatic heterocycles. The first-order chi connectivity index (χ1) is 13.6. The third kappa shape index (κ3) is 2.55. The predicted molar refractivity (Wildman–Crippen MR) is 104 cm³/mol. The Morgan fingerprint density at radius 2 is 1.68 bits per heavy atom. The number of anilines is 1. The first kappa shape index (κ1) is 17.4. The molecule has 2 aromatic rings. The summed E-state index contributed by atoms with van der Waals surface area (Å²) < 4.78 is 5.17. The number of likely N-dealkylation sites (tertiary alicyclic amines) is 1. The molecule has 0 N–H and O–H groups in total. The van der Waals surface area contributed by atoms with E-state index in [1.54, 1.807) is 0 Å². The zero-order valence-corrected chi connectivity index (χ0v) is 15.6. The van der Waals surface area contributed by atoms with Crippen LogP contribution in [0.5, 0.6) is 0 Å². The fourth-order valence-corrected chi connectivity index (χ4v) is 4.87. The molecule has 1 atom stereocenters. The maximum Gasteiger partial charge on any atom is 0.312 e. The van der Waals surface area contributed by atoms with Gasteiger partial charge in [0.15, 0.2) is 0 Å². The SMILES string of the molecule is O=C1CC(N2CCC3(CCOC3=O)CC2)C(=O)N1c1cccc2ccccc12. The molecule has 6 heteroatoms. The molecule has 1 unspecified atom stereocenters. The highest BCUT2D eigenvalue weighted by molar-refractivity contribution is 6.25. The number of rotatable bonds is 2. The molecule has 3 saturated heterocycles. The number of hydrogen-bond acceptors (Lipinski definition) is 5. The second-order valence-corrected chi connectivity index (χ2v) is 7.99. The van der Waals surface area contributed by atoms with Crippen LogP contribution in [-0.2, 0) is 19.1 Å². The molecule has 6 nitrogen and oxygen atoms in total. The summed E-state index contributed by atoms with van der Waals surface area (Å²) in [5, 5.41) is 1.90. The van der Waals surface area contributed by atoms with Crippen molar-refractivity contribution in [3.63, 3.8) is 0 Å². The number of carbonyl (C=O) groups is 3. The molecular weight excluding hydrogens is 356 g/mol. The minimum Gasteiger partial charge on any atom is -0.465 e. The number of nitrogens with zero attached hydrogens (tertiary/aromatic N) is 2. The van der Waals surface area contributed by atoms with E-state index in [4.69, 9.17) is 4.74 Å². The van der Waals surface area contributed by atoms with Crippen molar-refractivity contribution < 1.29 is 19.1 Å². The number of benzene rings is 2. The number of fused-ring (bicyclic) bond motifs is 1. The van der Waals surface area contributed by atoms with Gasteiger partial charge in [0.2, 0.25) is 5.91 Å². The van der Waals surface area contributed by atoms with E-state index >= 15 is 0 Å². The molecule has 3 fully saturated rings. The highest BCUT2D eigenvalue weighted by Crippen LogP contribution is 2.41. The summed E-state index contributed by atoms with van der Waals surface area (Å²) >= 11 is 0. The first-order valence-electron chi connectivity index (χ1n) is 9.85. The van der Waals surface area contributed by atoms with Crippen LogP contribution in [0.2, 0.25) is 0 Å². The molecule has 144 valence electrons. The molecule has 0 aliphatic carbocycles. The average Bonchev–Trinajstić information content (AvgIpc) is 3.21. The van der Waals surface area contributed by atoms with Crippen LogP contribution in [0.25, 0.3) is 10.8 Å². The third-order valence-corrected chi connectivity index (χ3v) is 6.57. The highest BCUT2D eigenvalue weighted by atomic mass is 16.5. The summed E-state index contributed by atoms with van der Waals surface area (Å²) in [6.07, 6.45) is 2.34. The van der Waals surface area contributed by atoms with Gasteiger partial charge in [-0.15, -0.1) is 0 Å². The zero-order chi connectivity index (χ0) is 19.3. The molecule has 0 aromatic heterocycles. The lowest BCUT2D eigenvalue weighted by molar-refractivity contribution is -0.148. The van der Waals surface area contributed by atoms with E-state index in [1.807, 2.05) is 42.5 Å². The van der Waals surface area contributed by atoms with Crippen molar-refractivity contribution in [3.8, 4) is 0 Å². The van der Waals surface area contributed by atoms with Crippen LogP contribution in [-0.4, -0.2) is 48.4 Å². The van der Waals surface area contributed by atoms with Crippen LogP contribution < -0.4 is 4.90 Å². The van der Waals surface area contributed by atoms with Gasteiger partial charge < -0.3 is 4.74 Å². The van der Waals surface area contributed by atoms with Crippen LogP contribution in [0, 0.1) is 5.41 Å². The maximum absolute atomic E-state index is 13.2. The molecule has 1 spiro atoms. The predicted octanol–water partition coefficient (Wildman–Crippen LogP) is 2.50. The van der Waals surface area contributed by atoms with E-state index in [1.165, 1.54) is 4.90 Å². The van der Waals surface area contributed by atoms with Gasteiger partial charge in [0.05, 0.1) is 30.2 Å². The third-order valence-electron chi connectivity index (χ3n) is 6.57. The summed E-state index contributed by atoms with van der Waals surface area (Å²) in [7, 11) is 0. The van der Waals surface area contributed by atoms with E-state index < -0.39 is 6.04 Å². The first-order valence-corrected chi connectivity index (χ1v) is 9.85. The fraction of sp³-hybridized carbons (Fsp3) is 0.409. The Morgan fingerprint density at radius 1 is 0.929 bits per heavy atom. The topological polar surface area (TPSA) is 66.9 Å². The Labute approximate surface area is 163 Å². The highest BCUT2D eigenvalue weighted by Gasteiger charge is 2.50. The number of carbonyl (C=O) groups excluding carboxylic acids is 3. The van der Waals surface area contributed by atoms with Gasteiger partial charge in [-0.25, -0.2) is 4.90 Å². The van der Waals surface area contributed by atoms with Crippen LogP contribution in [0.3, 0.4) is 0 Å². The summed E-state index contributed by atoms with van der Waals surface area (Å²) in [6, 6.07) is 13.0. The largest absolute Gasteiger partial charge is 0.465 e. The molecule has 2 aromatic carbocycles. The van der Waals surface area contributed by atoms with E-state index in [-0.39, 0.29) is 29.6 Å². The summed E-state index contributed by atoms with van der Waals surface area (Å²) in [6.45, 7) is 1.78. The van der Waals surface area contributed by atoms with Crippen molar-refractivity contribution in [1.29, 1.82) is 0 Å². The van der Waals surface area contributed by atoms with Gasteiger partial charge in [-0.2, -0.15) is 0 Å². The van der Waals surface area contributed by atoms with Gasteiger partial charge in [-0.05, 0) is 30.7 Å². The van der Waals surface area contributed by atoms with Crippen LogP contribution in [0.1, 0.15) is 25.7 Å². The molecule has 5 rings (SSSR count). The van der Waals surface area contributed by atoms with E-state index in [0.29, 0.717) is 38.2 Å². The molecule has 0 radical (unpaired) electrons. The molecule has 3 heterocycles. The van der Waals surface area contributed by atoms with Gasteiger partial charge in [-0.3, -0.25) is 19.3 Å². The standard InChI is InChI=1S/C22H22N2O4/c25-19-14-18(23-11-8-22(9-12-23)10-13-28-21(22)27)20(26)24(19)17-7-3-5-15-4-1-2-6-16(15)17/h1-7,18H,8-14H2. The number of piperidine rings is 1. The number of hydrogen-bond donors (Lipinski definition) is 0. The van der Waals surface area contributed by atoms with Crippen molar-refractivity contribution in [3.05, 3.63) is 42.5 Å². The molecule has 0 saturated carbocycles. The van der Waals surface area contributed by atoms with Crippen LogP contribution in [0.15, 0.2) is 42.5 Å². The second-order valence-electron chi connectivity index (χ2n) is 7.99. The Kier molecular flexibility index (Phi) is 3.98. The van der Waals surface area contributed by atoms with Gasteiger partial charge in [0.25, 0.3) is 5.91 Å². The van der Waals surface area contributed by atoms with E-state index in [0.717, 1.165) is 17.2 Å². The number of cyclic esters (lactones) is 1. The van der Waals surface area contributed by atoms with Crippen molar-refractivity contribution in [2.24, 2.45) is 5.41 Å². The molecule has 0 bridgehead atoms. The normalized spacial score (nSPS) is 25.1. The lowest BCUT2D eigenvalue weighted by Gasteiger charge is -2.38. The smallest absolute Gasteiger partial charge is 0.312 e. The Bertz CT molecular complexity index is 972. The zero-order valence-electron chi connectivity index (χ0n) is 15.6. The van der Waals surface area contributed by atoms with Crippen molar-refractivity contribution in [2.75, 3.05) is 24.6 Å². The minimum atomic E-state index is -0.443. The summed E-state index contributed by atoms with van der Waals surface area (Å²) in [4.78, 5) is 41.5. The number of esters is 1. The van der Waals surface area contributed by atoms with Crippen molar-refractivity contribution >= 4 is 34.2 Å². The van der Waals surface area contributed by atoms with Crippen molar-refractivity contribution in [2.45, 2.75) is 31.7 Å². The lowest BCUT2D eigenvalue weighted by Crippen LogP contribution is -2.49. The quantitative estimate of drug-likeness (QED) is 0.593. The number of ether oxygens (including phenoxy) is 1.